The Morgan fingerprint density at radius 2 is 1.87 bits per heavy atom. The number of phenolic OH excluding ortho intramolecular Hbond substituents is 2. The zero-order chi connectivity index (χ0) is 27.0. The van der Waals surface area contributed by atoms with Crippen LogP contribution in [0.4, 0.5) is 5.82 Å². The molecular formula is C26H26N6O6. The molecule has 196 valence electrons. The van der Waals surface area contributed by atoms with E-state index < -0.39 is 41.9 Å². The molecule has 0 saturated carbocycles. The topological polar surface area (TPSA) is 189 Å². The van der Waals surface area contributed by atoms with E-state index in [0.717, 1.165) is 11.1 Å². The van der Waals surface area contributed by atoms with Gasteiger partial charge in [-0.15, -0.1) is 0 Å². The van der Waals surface area contributed by atoms with Gasteiger partial charge in [-0.2, -0.15) is 0 Å². The molecule has 2 aromatic carbocycles. The summed E-state index contributed by atoms with van der Waals surface area (Å²) in [5.41, 5.74) is 8.83. The quantitative estimate of drug-likeness (QED) is 0.161. The van der Waals surface area contributed by atoms with E-state index in [1.807, 2.05) is 31.2 Å². The van der Waals surface area contributed by atoms with Gasteiger partial charge in [0.25, 0.3) is 5.91 Å². The van der Waals surface area contributed by atoms with E-state index in [2.05, 4.69) is 20.3 Å². The van der Waals surface area contributed by atoms with Crippen molar-refractivity contribution in [3.05, 3.63) is 72.3 Å². The van der Waals surface area contributed by atoms with Crippen LogP contribution in [-0.4, -0.2) is 70.7 Å². The van der Waals surface area contributed by atoms with Crippen molar-refractivity contribution in [2.45, 2.75) is 31.5 Å². The van der Waals surface area contributed by atoms with Crippen LogP contribution in [0, 0.1) is 6.92 Å². The summed E-state index contributed by atoms with van der Waals surface area (Å²) in [4.78, 5) is 24.9. The van der Waals surface area contributed by atoms with E-state index in [-0.39, 0.29) is 17.9 Å². The number of aliphatic hydroxyl groups is 2. The van der Waals surface area contributed by atoms with Gasteiger partial charge in [0.2, 0.25) is 0 Å². The van der Waals surface area contributed by atoms with Crippen LogP contribution in [0.15, 0.2) is 61.2 Å². The van der Waals surface area contributed by atoms with Gasteiger partial charge in [-0.25, -0.2) is 15.0 Å². The molecule has 4 atom stereocenters. The van der Waals surface area contributed by atoms with Crippen molar-refractivity contribution in [1.82, 2.24) is 24.8 Å². The van der Waals surface area contributed by atoms with Gasteiger partial charge < -0.3 is 36.2 Å². The van der Waals surface area contributed by atoms with Crippen molar-refractivity contribution < 1.29 is 30.0 Å². The molecule has 1 amide bonds. The highest BCUT2D eigenvalue weighted by molar-refractivity contribution is 5.99. The zero-order valence-electron chi connectivity index (χ0n) is 20.3. The highest BCUT2D eigenvalue weighted by atomic mass is 16.6. The Kier molecular flexibility index (Phi) is 6.68. The smallest absolute Gasteiger partial charge is 0.255 e. The second-order valence-corrected chi connectivity index (χ2v) is 8.95. The second kappa shape index (κ2) is 10.1. The van der Waals surface area contributed by atoms with Gasteiger partial charge in [-0.3, -0.25) is 9.36 Å². The molecule has 4 aromatic rings. The van der Waals surface area contributed by atoms with Crippen LogP contribution in [0.5, 0.6) is 11.5 Å². The molecule has 1 aliphatic heterocycles. The number of anilines is 1. The average Bonchev–Trinajstić information content (AvgIpc) is 3.45. The van der Waals surface area contributed by atoms with Gasteiger partial charge >= 0.3 is 0 Å². The number of nitrogen functional groups attached to an aromatic ring is 1. The van der Waals surface area contributed by atoms with Gasteiger partial charge in [0.15, 0.2) is 29.2 Å². The van der Waals surface area contributed by atoms with Gasteiger partial charge in [0.05, 0.1) is 11.9 Å². The number of rotatable bonds is 6. The fraction of sp³-hybridized carbons (Fsp3) is 0.231. The van der Waals surface area contributed by atoms with E-state index >= 15 is 0 Å². The number of carbonyl (C=O) groups is 1. The number of imidazole rings is 1. The van der Waals surface area contributed by atoms with Crippen molar-refractivity contribution in [3.63, 3.8) is 0 Å². The minimum Gasteiger partial charge on any atom is -0.504 e. The largest absolute Gasteiger partial charge is 0.504 e. The summed E-state index contributed by atoms with van der Waals surface area (Å²) in [7, 11) is 0. The molecule has 12 nitrogen and oxygen atoms in total. The number of aryl methyl sites for hydroxylation is 1. The minimum absolute atomic E-state index is 0.0267. The Balaban J connectivity index is 1.25. The number of phenols is 2. The van der Waals surface area contributed by atoms with E-state index in [9.17, 15) is 25.2 Å². The van der Waals surface area contributed by atoms with Crippen molar-refractivity contribution >= 4 is 22.9 Å². The number of aromatic nitrogens is 4. The first-order valence-corrected chi connectivity index (χ1v) is 11.8. The van der Waals surface area contributed by atoms with Crippen LogP contribution in [0.1, 0.15) is 22.1 Å². The molecule has 0 spiro atoms. The molecule has 0 radical (unpaired) electrons. The number of nitrogens with one attached hydrogen (secondary N) is 1. The number of hydrogen-bond donors (Lipinski definition) is 6. The Morgan fingerprint density at radius 1 is 1.11 bits per heavy atom. The molecule has 12 heteroatoms. The summed E-state index contributed by atoms with van der Waals surface area (Å²) in [6.07, 6.45) is 1.33. The lowest BCUT2D eigenvalue weighted by Gasteiger charge is -2.16. The van der Waals surface area contributed by atoms with Crippen LogP contribution >= 0.6 is 0 Å². The highest BCUT2D eigenvalue weighted by Gasteiger charge is 2.43. The van der Waals surface area contributed by atoms with Crippen LogP contribution in [0.25, 0.3) is 22.3 Å². The molecule has 38 heavy (non-hydrogen) atoms. The average molecular weight is 519 g/mol. The monoisotopic (exact) mass is 518 g/mol. The maximum atomic E-state index is 12.8. The molecular weight excluding hydrogens is 492 g/mol. The number of nitrogens with zero attached hydrogens (tertiary/aromatic N) is 4. The lowest BCUT2D eigenvalue weighted by atomic mass is 10.0. The van der Waals surface area contributed by atoms with E-state index in [1.165, 1.54) is 35.4 Å². The first-order valence-electron chi connectivity index (χ1n) is 11.8. The number of amides is 1. The summed E-state index contributed by atoms with van der Waals surface area (Å²) in [5, 5.41) is 44.1. The van der Waals surface area contributed by atoms with E-state index in [4.69, 9.17) is 10.5 Å². The maximum Gasteiger partial charge on any atom is 0.255 e. The summed E-state index contributed by atoms with van der Waals surface area (Å²) in [6.45, 7) is 1.98. The SMILES string of the molecule is Cc1ccc(-c2cc(O)c(O)c(C(=O)NC/C=C/C3OC(n4cnc5c(N)ncnc54)C(O)C3O)c2)cc1. The number of carbonyl (C=O) groups excluding carboxylic acids is 1. The molecule has 0 bridgehead atoms. The Labute approximate surface area is 216 Å². The third kappa shape index (κ3) is 4.63. The van der Waals surface area contributed by atoms with Crippen molar-refractivity contribution in [2.75, 3.05) is 12.3 Å². The molecule has 3 heterocycles. The summed E-state index contributed by atoms with van der Waals surface area (Å²) >= 11 is 0. The summed E-state index contributed by atoms with van der Waals surface area (Å²) in [5.74, 6) is -1.37. The first-order chi connectivity index (χ1) is 18.2. The van der Waals surface area contributed by atoms with Crippen molar-refractivity contribution in [2.24, 2.45) is 0 Å². The fourth-order valence-corrected chi connectivity index (χ4v) is 4.28. The normalized spacial score (nSPS) is 21.3. The molecule has 0 aliphatic carbocycles. The lowest BCUT2D eigenvalue weighted by Crippen LogP contribution is -2.31. The van der Waals surface area contributed by atoms with Gasteiger partial charge in [0.1, 0.15) is 30.2 Å². The first kappa shape index (κ1) is 25.1. The number of ether oxygens (including phenoxy) is 1. The van der Waals surface area contributed by atoms with Gasteiger partial charge in [-0.1, -0.05) is 42.0 Å². The standard InChI is InChI=1S/C26H26N6O6/c1-13-4-6-14(7-5-13)15-9-16(20(34)17(33)10-15)25(37)28-8-2-3-18-21(35)22(36)26(38-18)32-12-31-19-23(27)29-11-30-24(19)32/h2-7,9-12,18,21-22,26,33-36H,8H2,1H3,(H,28,37)(H2,27,29,30)/b3-2+. The van der Waals surface area contributed by atoms with Crippen LogP contribution in [0.2, 0.25) is 0 Å². The predicted octanol–water partition coefficient (Wildman–Crippen LogP) is 1.40. The number of hydrogen-bond acceptors (Lipinski definition) is 10. The number of fused-ring (bicyclic) bond motifs is 1. The predicted molar refractivity (Wildman–Crippen MR) is 137 cm³/mol. The maximum absolute atomic E-state index is 12.8. The van der Waals surface area contributed by atoms with Crippen molar-refractivity contribution in [1.29, 1.82) is 0 Å². The minimum atomic E-state index is -1.28. The lowest BCUT2D eigenvalue weighted by molar-refractivity contribution is -0.0245. The molecule has 7 N–H and O–H groups in total. The van der Waals surface area contributed by atoms with Crippen LogP contribution in [-0.2, 0) is 4.74 Å². The summed E-state index contributed by atoms with van der Waals surface area (Å²) in [6, 6.07) is 10.4. The van der Waals surface area contributed by atoms with Gasteiger partial charge in [0, 0.05) is 6.54 Å². The summed E-state index contributed by atoms with van der Waals surface area (Å²) < 4.78 is 7.29. The van der Waals surface area contributed by atoms with E-state index in [1.54, 1.807) is 6.08 Å². The molecule has 1 fully saturated rings. The number of benzene rings is 2. The third-order valence-corrected chi connectivity index (χ3v) is 6.36. The molecule has 4 unspecified atom stereocenters. The molecule has 5 rings (SSSR count). The Morgan fingerprint density at radius 3 is 2.63 bits per heavy atom. The Hall–Kier alpha value is -4.52. The third-order valence-electron chi connectivity index (χ3n) is 6.36. The highest BCUT2D eigenvalue weighted by Crippen LogP contribution is 2.35. The second-order valence-electron chi connectivity index (χ2n) is 8.95. The van der Waals surface area contributed by atoms with E-state index in [0.29, 0.717) is 16.7 Å². The number of aromatic hydroxyl groups is 2. The Bertz CT molecular complexity index is 1520. The molecule has 1 saturated heterocycles. The molecule has 1 aliphatic rings. The van der Waals surface area contributed by atoms with Crippen LogP contribution < -0.4 is 11.1 Å². The fourth-order valence-electron chi connectivity index (χ4n) is 4.28. The van der Waals surface area contributed by atoms with Gasteiger partial charge in [-0.05, 0) is 30.2 Å². The van der Waals surface area contributed by atoms with Crippen molar-refractivity contribution in [3.8, 4) is 22.6 Å². The number of nitrogens with two attached hydrogens (primary N) is 1. The zero-order valence-corrected chi connectivity index (χ0v) is 20.3. The number of aliphatic hydroxyl groups excluding tert-OH is 2. The molecule has 2 aromatic heterocycles. The van der Waals surface area contributed by atoms with Crippen LogP contribution in [0.3, 0.4) is 0 Å².